The van der Waals surface area contributed by atoms with Gasteiger partial charge in [0.2, 0.25) is 0 Å². The number of nitrogens with one attached hydrogen (secondary N) is 1. The highest BCUT2D eigenvalue weighted by molar-refractivity contribution is 6.03. The molecule has 4 heteroatoms. The van der Waals surface area contributed by atoms with E-state index in [1.54, 1.807) is 4.90 Å². The van der Waals surface area contributed by atoms with E-state index >= 15 is 0 Å². The number of carbonyl (C=O) groups excluding carboxylic acids is 1. The molecule has 1 heterocycles. The molecule has 2 aromatic rings. The smallest absolute Gasteiger partial charge is 0.326 e. The number of aryl methyl sites for hydroxylation is 1. The van der Waals surface area contributed by atoms with E-state index in [4.69, 9.17) is 4.74 Å². The molecule has 0 aromatic heterocycles. The van der Waals surface area contributed by atoms with Crippen molar-refractivity contribution < 1.29 is 9.53 Å². The van der Waals surface area contributed by atoms with Crippen molar-refractivity contribution in [2.24, 2.45) is 0 Å². The van der Waals surface area contributed by atoms with Crippen LogP contribution in [0.4, 0.5) is 16.2 Å². The van der Waals surface area contributed by atoms with Crippen molar-refractivity contribution in [3.8, 4) is 5.75 Å². The molecule has 0 fully saturated rings. The van der Waals surface area contributed by atoms with Gasteiger partial charge in [0.15, 0.2) is 0 Å². The summed E-state index contributed by atoms with van der Waals surface area (Å²) in [6, 6.07) is 15.2. The molecule has 0 radical (unpaired) electrons. The van der Waals surface area contributed by atoms with Crippen LogP contribution in [-0.2, 0) is 0 Å². The molecule has 0 saturated heterocycles. The Kier molecular flexibility index (Phi) is 3.52. The lowest BCUT2D eigenvalue weighted by Crippen LogP contribution is -2.44. The van der Waals surface area contributed by atoms with Crippen LogP contribution in [0.5, 0.6) is 5.75 Å². The van der Waals surface area contributed by atoms with Crippen LogP contribution in [0.15, 0.2) is 48.5 Å². The maximum absolute atomic E-state index is 12.5. The zero-order valence-corrected chi connectivity index (χ0v) is 12.2. The lowest BCUT2D eigenvalue weighted by molar-refractivity contribution is 0.208. The molecule has 4 nitrogen and oxygen atoms in total. The Hall–Kier alpha value is -2.49. The molecule has 2 aromatic carbocycles. The Labute approximate surface area is 124 Å². The quantitative estimate of drug-likeness (QED) is 0.864. The highest BCUT2D eigenvalue weighted by Crippen LogP contribution is 2.34. The molecular weight excluding hydrogens is 264 g/mol. The van der Waals surface area contributed by atoms with Gasteiger partial charge in [0.05, 0.1) is 12.2 Å². The average Bonchev–Trinajstić information content (AvgIpc) is 2.48. The van der Waals surface area contributed by atoms with Gasteiger partial charge < -0.3 is 10.1 Å². The first kappa shape index (κ1) is 13.5. The summed E-state index contributed by atoms with van der Waals surface area (Å²) >= 11 is 0. The number of para-hydroxylation sites is 1. The minimum absolute atomic E-state index is 0.0262. The topological polar surface area (TPSA) is 41.6 Å². The minimum atomic E-state index is -0.136. The molecule has 108 valence electrons. The average molecular weight is 282 g/mol. The van der Waals surface area contributed by atoms with Crippen LogP contribution in [0.25, 0.3) is 0 Å². The zero-order chi connectivity index (χ0) is 14.8. The van der Waals surface area contributed by atoms with Crippen molar-refractivity contribution in [3.05, 3.63) is 54.1 Å². The van der Waals surface area contributed by atoms with Crippen LogP contribution in [0.1, 0.15) is 12.5 Å². The van der Waals surface area contributed by atoms with Gasteiger partial charge >= 0.3 is 6.03 Å². The van der Waals surface area contributed by atoms with Gasteiger partial charge in [-0.05, 0) is 43.7 Å². The number of amides is 2. The van der Waals surface area contributed by atoms with Crippen LogP contribution in [0.2, 0.25) is 0 Å². The van der Waals surface area contributed by atoms with E-state index in [1.807, 2.05) is 62.4 Å². The summed E-state index contributed by atoms with van der Waals surface area (Å²) in [5.74, 6) is 0.752. The number of ether oxygens (including phenoxy) is 1. The Balaban J connectivity index is 1.88. The number of rotatable bonds is 1. The number of anilines is 2. The number of hydrogen-bond donors (Lipinski definition) is 1. The van der Waals surface area contributed by atoms with Gasteiger partial charge in [0.25, 0.3) is 0 Å². The molecule has 0 unspecified atom stereocenters. The van der Waals surface area contributed by atoms with Crippen molar-refractivity contribution in [2.45, 2.75) is 20.0 Å². The standard InChI is InChI=1S/C17H18N2O2/c1-12-8-9-16-15(10-12)19(11-13(2)21-16)17(20)18-14-6-4-3-5-7-14/h3-10,13H,11H2,1-2H3,(H,18,20)/t13-/m1/s1. The summed E-state index contributed by atoms with van der Waals surface area (Å²) < 4.78 is 5.80. The van der Waals surface area contributed by atoms with E-state index in [2.05, 4.69) is 5.32 Å². The molecule has 0 aliphatic carbocycles. The van der Waals surface area contributed by atoms with Gasteiger partial charge in [0, 0.05) is 5.69 Å². The predicted octanol–water partition coefficient (Wildman–Crippen LogP) is 3.81. The van der Waals surface area contributed by atoms with Gasteiger partial charge in [-0.3, -0.25) is 4.90 Å². The first-order valence-electron chi connectivity index (χ1n) is 7.04. The van der Waals surface area contributed by atoms with Crippen molar-refractivity contribution in [1.82, 2.24) is 0 Å². The van der Waals surface area contributed by atoms with Crippen molar-refractivity contribution in [1.29, 1.82) is 0 Å². The summed E-state index contributed by atoms with van der Waals surface area (Å²) in [6.45, 7) is 4.51. The molecule has 1 N–H and O–H groups in total. The molecule has 2 amide bonds. The first-order valence-corrected chi connectivity index (χ1v) is 7.04. The molecular formula is C17H18N2O2. The van der Waals surface area contributed by atoms with Crippen LogP contribution in [-0.4, -0.2) is 18.7 Å². The zero-order valence-electron chi connectivity index (χ0n) is 12.2. The van der Waals surface area contributed by atoms with Gasteiger partial charge in [-0.1, -0.05) is 24.3 Å². The SMILES string of the molecule is Cc1ccc2c(c1)N(C(=O)Nc1ccccc1)C[C@@H](C)O2. The third-order valence-electron chi connectivity index (χ3n) is 3.44. The van der Waals surface area contributed by atoms with Gasteiger partial charge in [-0.15, -0.1) is 0 Å². The molecule has 3 rings (SSSR count). The first-order chi connectivity index (χ1) is 10.1. The summed E-state index contributed by atoms with van der Waals surface area (Å²) in [7, 11) is 0. The molecule has 0 spiro atoms. The molecule has 1 aliphatic rings. The van der Waals surface area contributed by atoms with E-state index in [0.29, 0.717) is 6.54 Å². The molecule has 1 atom stereocenters. The number of carbonyl (C=O) groups is 1. The second-order valence-electron chi connectivity index (χ2n) is 5.31. The maximum atomic E-state index is 12.5. The van der Waals surface area contributed by atoms with Crippen molar-refractivity contribution in [2.75, 3.05) is 16.8 Å². The highest BCUT2D eigenvalue weighted by Gasteiger charge is 2.27. The molecule has 0 saturated carbocycles. The normalized spacial score (nSPS) is 16.9. The summed E-state index contributed by atoms with van der Waals surface area (Å²) in [6.07, 6.45) is -0.0262. The highest BCUT2D eigenvalue weighted by atomic mass is 16.5. The molecule has 21 heavy (non-hydrogen) atoms. The predicted molar refractivity (Wildman–Crippen MR) is 84.1 cm³/mol. The van der Waals surface area contributed by atoms with E-state index in [-0.39, 0.29) is 12.1 Å². The fourth-order valence-corrected chi connectivity index (χ4v) is 2.45. The Morgan fingerprint density at radius 3 is 2.76 bits per heavy atom. The number of fused-ring (bicyclic) bond motifs is 1. The number of nitrogens with zero attached hydrogens (tertiary/aromatic N) is 1. The Morgan fingerprint density at radius 2 is 2.00 bits per heavy atom. The lowest BCUT2D eigenvalue weighted by atomic mass is 10.1. The number of benzene rings is 2. The van der Waals surface area contributed by atoms with Crippen LogP contribution < -0.4 is 15.0 Å². The van der Waals surface area contributed by atoms with Crippen LogP contribution in [0, 0.1) is 6.92 Å². The van der Waals surface area contributed by atoms with E-state index in [9.17, 15) is 4.79 Å². The van der Waals surface area contributed by atoms with E-state index < -0.39 is 0 Å². The maximum Gasteiger partial charge on any atom is 0.326 e. The van der Waals surface area contributed by atoms with E-state index in [0.717, 1.165) is 22.7 Å². The molecule has 1 aliphatic heterocycles. The monoisotopic (exact) mass is 282 g/mol. The molecule has 0 bridgehead atoms. The number of hydrogen-bond acceptors (Lipinski definition) is 2. The Bertz CT molecular complexity index is 655. The third-order valence-corrected chi connectivity index (χ3v) is 3.44. The number of urea groups is 1. The Morgan fingerprint density at radius 1 is 1.24 bits per heavy atom. The third kappa shape index (κ3) is 2.84. The summed E-state index contributed by atoms with van der Waals surface area (Å²) in [5, 5.41) is 2.92. The van der Waals surface area contributed by atoms with E-state index in [1.165, 1.54) is 0 Å². The van der Waals surface area contributed by atoms with Crippen molar-refractivity contribution in [3.63, 3.8) is 0 Å². The fraction of sp³-hybridized carbons (Fsp3) is 0.235. The van der Waals surface area contributed by atoms with Gasteiger partial charge in [-0.2, -0.15) is 0 Å². The fourth-order valence-electron chi connectivity index (χ4n) is 2.45. The minimum Gasteiger partial charge on any atom is -0.487 e. The van der Waals surface area contributed by atoms with Crippen LogP contribution >= 0.6 is 0 Å². The van der Waals surface area contributed by atoms with Crippen molar-refractivity contribution >= 4 is 17.4 Å². The second kappa shape index (κ2) is 5.48. The summed E-state index contributed by atoms with van der Waals surface area (Å²) in [5.41, 5.74) is 2.71. The second-order valence-corrected chi connectivity index (χ2v) is 5.31. The van der Waals surface area contributed by atoms with Crippen LogP contribution in [0.3, 0.4) is 0 Å². The van der Waals surface area contributed by atoms with Gasteiger partial charge in [0.1, 0.15) is 11.9 Å². The largest absolute Gasteiger partial charge is 0.487 e. The van der Waals surface area contributed by atoms with Gasteiger partial charge in [-0.25, -0.2) is 4.79 Å². The summed E-state index contributed by atoms with van der Waals surface area (Å²) in [4.78, 5) is 14.3. The lowest BCUT2D eigenvalue weighted by Gasteiger charge is -2.33.